The largest absolute Gasteiger partial charge is 0.373 e. The lowest BCUT2D eigenvalue weighted by Gasteiger charge is -2.14. The number of aromatic nitrogens is 2. The monoisotopic (exact) mass is 262 g/mol. The van der Waals surface area contributed by atoms with Crippen LogP contribution in [-0.2, 0) is 0 Å². The predicted molar refractivity (Wildman–Crippen MR) is 80.7 cm³/mol. The topological polar surface area (TPSA) is 49.8 Å². The van der Waals surface area contributed by atoms with Crippen molar-refractivity contribution in [1.82, 2.24) is 9.97 Å². The minimum absolute atomic E-state index is 0.348. The maximum absolute atomic E-state index is 4.60. The number of hydrogen-bond acceptors (Lipinski definition) is 4. The summed E-state index contributed by atoms with van der Waals surface area (Å²) in [5.74, 6) is 4.76. The minimum atomic E-state index is 0.348. The molecule has 1 aromatic heterocycles. The first-order valence-electron chi connectivity index (χ1n) is 7.39. The molecule has 0 amide bonds. The van der Waals surface area contributed by atoms with Crippen molar-refractivity contribution in [2.45, 2.75) is 46.0 Å². The Balaban J connectivity index is 2.00. The molecule has 2 unspecified atom stereocenters. The van der Waals surface area contributed by atoms with Crippen molar-refractivity contribution in [1.29, 1.82) is 0 Å². The Kier molecular flexibility index (Phi) is 4.61. The Bertz CT molecular complexity index is 417. The predicted octanol–water partition coefficient (Wildman–Crippen LogP) is 3.49. The molecule has 2 atom stereocenters. The molecule has 0 aromatic carbocycles. The van der Waals surface area contributed by atoms with Gasteiger partial charge in [0.15, 0.2) is 0 Å². The third kappa shape index (κ3) is 3.82. The molecule has 0 spiro atoms. The summed E-state index contributed by atoms with van der Waals surface area (Å²) in [5.41, 5.74) is 0. The fraction of sp³-hybridized carbons (Fsp3) is 0.733. The SMILES string of the molecule is CNc1cc(NCC2CCC(C)C2)nc(C(C)C)n1. The van der Waals surface area contributed by atoms with Crippen LogP contribution < -0.4 is 10.6 Å². The number of nitrogens with zero attached hydrogens (tertiary/aromatic N) is 2. The Labute approximate surface area is 116 Å². The van der Waals surface area contributed by atoms with Crippen LogP contribution in [0.2, 0.25) is 0 Å². The zero-order chi connectivity index (χ0) is 13.8. The molecule has 1 heterocycles. The summed E-state index contributed by atoms with van der Waals surface area (Å²) in [6.45, 7) is 7.62. The first-order valence-corrected chi connectivity index (χ1v) is 7.39. The summed E-state index contributed by atoms with van der Waals surface area (Å²) in [7, 11) is 1.90. The van der Waals surface area contributed by atoms with E-state index in [1.54, 1.807) is 0 Å². The number of rotatable bonds is 5. The Morgan fingerprint density at radius 1 is 1.26 bits per heavy atom. The van der Waals surface area contributed by atoms with Crippen LogP contribution in [0.5, 0.6) is 0 Å². The van der Waals surface area contributed by atoms with Gasteiger partial charge in [-0.25, -0.2) is 9.97 Å². The molecule has 4 nitrogen and oxygen atoms in total. The van der Waals surface area contributed by atoms with Crippen molar-refractivity contribution < 1.29 is 0 Å². The van der Waals surface area contributed by atoms with E-state index in [0.29, 0.717) is 5.92 Å². The lowest BCUT2D eigenvalue weighted by molar-refractivity contribution is 0.536. The lowest BCUT2D eigenvalue weighted by atomic mass is 10.1. The van der Waals surface area contributed by atoms with Crippen molar-refractivity contribution in [2.75, 3.05) is 24.2 Å². The zero-order valence-electron chi connectivity index (χ0n) is 12.5. The van der Waals surface area contributed by atoms with Crippen LogP contribution in [-0.4, -0.2) is 23.6 Å². The van der Waals surface area contributed by atoms with Crippen LogP contribution in [0.3, 0.4) is 0 Å². The smallest absolute Gasteiger partial charge is 0.135 e. The molecule has 2 N–H and O–H groups in total. The summed E-state index contributed by atoms with van der Waals surface area (Å²) >= 11 is 0. The normalized spacial score (nSPS) is 22.8. The van der Waals surface area contributed by atoms with E-state index in [9.17, 15) is 0 Å². The Morgan fingerprint density at radius 3 is 2.58 bits per heavy atom. The number of hydrogen-bond donors (Lipinski definition) is 2. The molecule has 0 saturated heterocycles. The van der Waals surface area contributed by atoms with Gasteiger partial charge in [-0.2, -0.15) is 0 Å². The highest BCUT2D eigenvalue weighted by Crippen LogP contribution is 2.30. The van der Waals surface area contributed by atoms with Crippen molar-refractivity contribution >= 4 is 11.6 Å². The van der Waals surface area contributed by atoms with Crippen LogP contribution >= 0.6 is 0 Å². The molecule has 1 fully saturated rings. The fourth-order valence-electron chi connectivity index (χ4n) is 2.70. The number of nitrogens with one attached hydrogen (secondary N) is 2. The fourth-order valence-corrected chi connectivity index (χ4v) is 2.70. The van der Waals surface area contributed by atoms with E-state index in [2.05, 4.69) is 41.4 Å². The second-order valence-corrected chi connectivity index (χ2v) is 6.07. The maximum Gasteiger partial charge on any atom is 0.135 e. The molecular formula is C15H26N4. The van der Waals surface area contributed by atoms with Crippen LogP contribution in [0.1, 0.15) is 51.8 Å². The van der Waals surface area contributed by atoms with Crippen molar-refractivity contribution in [3.05, 3.63) is 11.9 Å². The van der Waals surface area contributed by atoms with Gasteiger partial charge in [0, 0.05) is 25.6 Å². The van der Waals surface area contributed by atoms with Crippen LogP contribution in [0.15, 0.2) is 6.07 Å². The molecule has 0 aliphatic heterocycles. The van der Waals surface area contributed by atoms with Gasteiger partial charge in [0.2, 0.25) is 0 Å². The molecule has 0 bridgehead atoms. The first kappa shape index (κ1) is 14.1. The van der Waals surface area contributed by atoms with Gasteiger partial charge in [0.25, 0.3) is 0 Å². The van der Waals surface area contributed by atoms with Gasteiger partial charge in [-0.3, -0.25) is 0 Å². The minimum Gasteiger partial charge on any atom is -0.373 e. The second kappa shape index (κ2) is 6.22. The molecular weight excluding hydrogens is 236 g/mol. The molecule has 1 saturated carbocycles. The molecule has 1 aromatic rings. The summed E-state index contributed by atoms with van der Waals surface area (Å²) < 4.78 is 0. The van der Waals surface area contributed by atoms with Crippen LogP contribution in [0.4, 0.5) is 11.6 Å². The van der Waals surface area contributed by atoms with E-state index in [1.165, 1.54) is 19.3 Å². The van der Waals surface area contributed by atoms with Crippen molar-refractivity contribution in [2.24, 2.45) is 11.8 Å². The molecule has 1 aliphatic carbocycles. The third-order valence-corrected chi connectivity index (χ3v) is 3.89. The van der Waals surface area contributed by atoms with Gasteiger partial charge < -0.3 is 10.6 Å². The van der Waals surface area contributed by atoms with Gasteiger partial charge in [-0.15, -0.1) is 0 Å². The molecule has 4 heteroatoms. The Hall–Kier alpha value is -1.32. The van der Waals surface area contributed by atoms with Crippen molar-refractivity contribution in [3.63, 3.8) is 0 Å². The molecule has 2 rings (SSSR count). The average Bonchev–Trinajstić information content (AvgIpc) is 2.81. The highest BCUT2D eigenvalue weighted by Gasteiger charge is 2.21. The molecule has 0 radical (unpaired) electrons. The summed E-state index contributed by atoms with van der Waals surface area (Å²) in [5, 5.41) is 6.59. The van der Waals surface area contributed by atoms with E-state index in [-0.39, 0.29) is 0 Å². The maximum atomic E-state index is 4.60. The summed E-state index contributed by atoms with van der Waals surface area (Å²) in [4.78, 5) is 9.08. The first-order chi connectivity index (χ1) is 9.08. The van der Waals surface area contributed by atoms with E-state index in [1.807, 2.05) is 13.1 Å². The molecule has 1 aliphatic rings. The second-order valence-electron chi connectivity index (χ2n) is 6.07. The standard InChI is InChI=1S/C15H26N4/c1-10(2)15-18-13(16-4)8-14(19-15)17-9-12-6-5-11(3)7-12/h8,10-12H,5-7,9H2,1-4H3,(H2,16,17,18,19). The zero-order valence-corrected chi connectivity index (χ0v) is 12.5. The average molecular weight is 262 g/mol. The number of anilines is 2. The van der Waals surface area contributed by atoms with Crippen molar-refractivity contribution in [3.8, 4) is 0 Å². The van der Waals surface area contributed by atoms with Crippen LogP contribution in [0.25, 0.3) is 0 Å². The van der Waals surface area contributed by atoms with E-state index in [4.69, 9.17) is 0 Å². The van der Waals surface area contributed by atoms with E-state index in [0.717, 1.165) is 35.8 Å². The quantitative estimate of drug-likeness (QED) is 0.853. The van der Waals surface area contributed by atoms with Gasteiger partial charge in [-0.1, -0.05) is 27.2 Å². The van der Waals surface area contributed by atoms with Crippen LogP contribution in [0, 0.1) is 11.8 Å². The van der Waals surface area contributed by atoms with Gasteiger partial charge >= 0.3 is 0 Å². The van der Waals surface area contributed by atoms with Gasteiger partial charge in [0.05, 0.1) is 0 Å². The Morgan fingerprint density at radius 2 is 2.00 bits per heavy atom. The lowest BCUT2D eigenvalue weighted by Crippen LogP contribution is -2.14. The molecule has 19 heavy (non-hydrogen) atoms. The van der Waals surface area contributed by atoms with Gasteiger partial charge in [-0.05, 0) is 24.7 Å². The van der Waals surface area contributed by atoms with E-state index >= 15 is 0 Å². The third-order valence-electron chi connectivity index (χ3n) is 3.89. The summed E-state index contributed by atoms with van der Waals surface area (Å²) in [6, 6.07) is 1.99. The molecule has 106 valence electrons. The van der Waals surface area contributed by atoms with Gasteiger partial charge in [0.1, 0.15) is 17.5 Å². The summed E-state index contributed by atoms with van der Waals surface area (Å²) in [6.07, 6.45) is 4.05. The highest BCUT2D eigenvalue weighted by atomic mass is 15.1. The highest BCUT2D eigenvalue weighted by molar-refractivity contribution is 5.47. The van der Waals surface area contributed by atoms with E-state index < -0.39 is 0 Å².